The lowest BCUT2D eigenvalue weighted by Gasteiger charge is -2.18. The van der Waals surface area contributed by atoms with E-state index in [2.05, 4.69) is 16.8 Å². The Balaban J connectivity index is 2.15. The van der Waals surface area contributed by atoms with Gasteiger partial charge in [0.05, 0.1) is 12.8 Å². The molecule has 1 aromatic heterocycles. The molecule has 1 aliphatic heterocycles. The monoisotopic (exact) mass is 221 g/mol. The molecule has 88 valence electrons. The van der Waals surface area contributed by atoms with Gasteiger partial charge >= 0.3 is 0 Å². The van der Waals surface area contributed by atoms with Gasteiger partial charge in [0.1, 0.15) is 5.82 Å². The summed E-state index contributed by atoms with van der Waals surface area (Å²) in [5, 5.41) is 0. The highest BCUT2D eigenvalue weighted by Gasteiger charge is 2.22. The first-order valence-electron chi connectivity index (χ1n) is 5.80. The second-order valence-corrected chi connectivity index (χ2v) is 4.28. The van der Waals surface area contributed by atoms with Crippen LogP contribution in [0.25, 0.3) is 0 Å². The maximum atomic E-state index is 5.75. The highest BCUT2D eigenvalue weighted by atomic mass is 16.5. The summed E-state index contributed by atoms with van der Waals surface area (Å²) in [5.74, 6) is 2.30. The summed E-state index contributed by atoms with van der Waals surface area (Å²) in [6, 6.07) is 3.83. The third-order valence-corrected chi connectivity index (χ3v) is 3.26. The number of aromatic nitrogens is 1. The summed E-state index contributed by atoms with van der Waals surface area (Å²) in [4.78, 5) is 6.72. The van der Waals surface area contributed by atoms with Crippen molar-refractivity contribution in [2.75, 3.05) is 30.8 Å². The Morgan fingerprint density at radius 3 is 3.00 bits per heavy atom. The molecule has 0 bridgehead atoms. The molecule has 1 unspecified atom stereocenters. The van der Waals surface area contributed by atoms with Gasteiger partial charge in [-0.25, -0.2) is 0 Å². The molecule has 0 aromatic carbocycles. The fourth-order valence-electron chi connectivity index (χ4n) is 2.16. The van der Waals surface area contributed by atoms with Crippen LogP contribution in [0.5, 0.6) is 5.88 Å². The molecular formula is C12H19N3O. The predicted molar refractivity (Wildman–Crippen MR) is 65.8 cm³/mol. The number of pyridine rings is 1. The summed E-state index contributed by atoms with van der Waals surface area (Å²) in [7, 11) is 1.60. The zero-order valence-electron chi connectivity index (χ0n) is 9.94. The van der Waals surface area contributed by atoms with E-state index in [-0.39, 0.29) is 0 Å². The second-order valence-electron chi connectivity index (χ2n) is 4.28. The second kappa shape index (κ2) is 4.60. The summed E-state index contributed by atoms with van der Waals surface area (Å²) >= 11 is 0. The van der Waals surface area contributed by atoms with E-state index >= 15 is 0 Å². The van der Waals surface area contributed by atoms with Gasteiger partial charge in [0.15, 0.2) is 0 Å². The van der Waals surface area contributed by atoms with E-state index < -0.39 is 0 Å². The number of ether oxygens (including phenoxy) is 1. The van der Waals surface area contributed by atoms with Gasteiger partial charge in [0.2, 0.25) is 5.88 Å². The number of anilines is 2. The number of hydrogen-bond acceptors (Lipinski definition) is 4. The number of nitrogens with two attached hydrogens (primary N) is 1. The topological polar surface area (TPSA) is 51.4 Å². The average molecular weight is 221 g/mol. The van der Waals surface area contributed by atoms with Gasteiger partial charge in [-0.3, -0.25) is 0 Å². The van der Waals surface area contributed by atoms with Crippen molar-refractivity contribution >= 4 is 11.5 Å². The number of nitrogens with zero attached hydrogens (tertiary/aromatic N) is 2. The van der Waals surface area contributed by atoms with E-state index in [0.717, 1.165) is 24.8 Å². The van der Waals surface area contributed by atoms with Gasteiger partial charge in [-0.05, 0) is 24.5 Å². The Morgan fingerprint density at radius 2 is 2.38 bits per heavy atom. The van der Waals surface area contributed by atoms with Crippen LogP contribution in [0.15, 0.2) is 12.1 Å². The first kappa shape index (κ1) is 11.0. The number of methoxy groups -OCH3 is 1. The Kier molecular flexibility index (Phi) is 3.17. The van der Waals surface area contributed by atoms with E-state index in [0.29, 0.717) is 11.6 Å². The van der Waals surface area contributed by atoms with Crippen molar-refractivity contribution in [1.82, 2.24) is 4.98 Å². The van der Waals surface area contributed by atoms with Crippen molar-refractivity contribution in [3.05, 3.63) is 12.1 Å². The van der Waals surface area contributed by atoms with E-state index in [1.165, 1.54) is 12.8 Å². The van der Waals surface area contributed by atoms with E-state index in [1.807, 2.05) is 12.1 Å². The predicted octanol–water partition coefficient (Wildman–Crippen LogP) is 1.91. The Labute approximate surface area is 96.4 Å². The molecule has 0 aliphatic carbocycles. The van der Waals surface area contributed by atoms with Crippen LogP contribution in [0.3, 0.4) is 0 Å². The van der Waals surface area contributed by atoms with Crippen molar-refractivity contribution in [1.29, 1.82) is 0 Å². The Morgan fingerprint density at radius 1 is 1.56 bits per heavy atom. The standard InChI is InChI=1S/C12H19N3O/c1-3-9-6-7-15(8-9)11-5-4-10(13)12(14-11)16-2/h4-5,9H,3,6-8,13H2,1-2H3. The van der Waals surface area contributed by atoms with Gasteiger partial charge in [0, 0.05) is 13.1 Å². The molecule has 4 nitrogen and oxygen atoms in total. The van der Waals surface area contributed by atoms with Crippen LogP contribution in [-0.4, -0.2) is 25.2 Å². The summed E-state index contributed by atoms with van der Waals surface area (Å²) in [5.41, 5.74) is 6.34. The van der Waals surface area contributed by atoms with Crippen molar-refractivity contribution in [3.63, 3.8) is 0 Å². The molecule has 1 aromatic rings. The molecule has 4 heteroatoms. The summed E-state index contributed by atoms with van der Waals surface area (Å²) in [6.07, 6.45) is 2.49. The third kappa shape index (κ3) is 2.05. The minimum atomic E-state index is 0.525. The van der Waals surface area contributed by atoms with Gasteiger partial charge in [-0.15, -0.1) is 0 Å². The molecule has 1 saturated heterocycles. The van der Waals surface area contributed by atoms with Crippen molar-refractivity contribution in [2.45, 2.75) is 19.8 Å². The largest absolute Gasteiger partial charge is 0.479 e. The Bertz CT molecular complexity index is 367. The quantitative estimate of drug-likeness (QED) is 0.847. The first-order chi connectivity index (χ1) is 7.74. The number of rotatable bonds is 3. The van der Waals surface area contributed by atoms with E-state index in [9.17, 15) is 0 Å². The van der Waals surface area contributed by atoms with Gasteiger partial charge in [-0.2, -0.15) is 4.98 Å². The van der Waals surface area contributed by atoms with Crippen LogP contribution in [0.4, 0.5) is 11.5 Å². The van der Waals surface area contributed by atoms with Crippen molar-refractivity contribution in [3.8, 4) is 5.88 Å². The highest BCUT2D eigenvalue weighted by Crippen LogP contribution is 2.27. The van der Waals surface area contributed by atoms with Crippen LogP contribution >= 0.6 is 0 Å². The van der Waals surface area contributed by atoms with Crippen LogP contribution in [-0.2, 0) is 0 Å². The molecule has 2 N–H and O–H groups in total. The first-order valence-corrected chi connectivity index (χ1v) is 5.80. The van der Waals surface area contributed by atoms with Gasteiger partial charge in [-0.1, -0.05) is 13.3 Å². The SMILES string of the molecule is CCC1CCN(c2ccc(N)c(OC)n2)C1. The molecule has 2 heterocycles. The van der Waals surface area contributed by atoms with Crippen LogP contribution in [0.2, 0.25) is 0 Å². The molecule has 0 amide bonds. The maximum absolute atomic E-state index is 5.75. The molecule has 1 aliphatic rings. The molecule has 0 spiro atoms. The molecule has 2 rings (SSSR count). The lowest BCUT2D eigenvalue weighted by molar-refractivity contribution is 0.400. The highest BCUT2D eigenvalue weighted by molar-refractivity contribution is 5.54. The van der Waals surface area contributed by atoms with Crippen LogP contribution in [0, 0.1) is 5.92 Å². The lowest BCUT2D eigenvalue weighted by atomic mass is 10.1. The minimum Gasteiger partial charge on any atom is -0.479 e. The Hall–Kier alpha value is -1.45. The van der Waals surface area contributed by atoms with Crippen LogP contribution in [0.1, 0.15) is 19.8 Å². The van der Waals surface area contributed by atoms with Crippen LogP contribution < -0.4 is 15.4 Å². The lowest BCUT2D eigenvalue weighted by Crippen LogP contribution is -2.20. The van der Waals surface area contributed by atoms with Crippen molar-refractivity contribution in [2.24, 2.45) is 5.92 Å². The molecule has 0 radical (unpaired) electrons. The number of hydrogen-bond donors (Lipinski definition) is 1. The molecule has 0 saturated carbocycles. The zero-order valence-corrected chi connectivity index (χ0v) is 9.94. The average Bonchev–Trinajstić information content (AvgIpc) is 2.78. The van der Waals surface area contributed by atoms with Gasteiger partial charge in [0.25, 0.3) is 0 Å². The van der Waals surface area contributed by atoms with Crippen molar-refractivity contribution < 1.29 is 4.74 Å². The summed E-state index contributed by atoms with van der Waals surface area (Å²) in [6.45, 7) is 4.42. The number of nitrogen functional groups attached to an aromatic ring is 1. The zero-order chi connectivity index (χ0) is 11.5. The minimum absolute atomic E-state index is 0.525. The molecular weight excluding hydrogens is 202 g/mol. The normalized spacial score (nSPS) is 20.1. The molecule has 1 fully saturated rings. The summed E-state index contributed by atoms with van der Waals surface area (Å²) < 4.78 is 5.14. The third-order valence-electron chi connectivity index (χ3n) is 3.26. The maximum Gasteiger partial charge on any atom is 0.238 e. The fraction of sp³-hybridized carbons (Fsp3) is 0.583. The van der Waals surface area contributed by atoms with E-state index in [4.69, 9.17) is 10.5 Å². The molecule has 16 heavy (non-hydrogen) atoms. The van der Waals surface area contributed by atoms with Gasteiger partial charge < -0.3 is 15.4 Å². The fourth-order valence-corrected chi connectivity index (χ4v) is 2.16. The van der Waals surface area contributed by atoms with E-state index in [1.54, 1.807) is 7.11 Å². The molecule has 1 atom stereocenters. The smallest absolute Gasteiger partial charge is 0.238 e.